The summed E-state index contributed by atoms with van der Waals surface area (Å²) in [5, 5.41) is 4.97. The number of unbranched alkanes of at least 4 members (excludes halogenated alkanes) is 5. The Hall–Kier alpha value is -4.71. The number of nitrogens with zero attached hydrogens (tertiary/aromatic N) is 2. The first-order valence-corrected chi connectivity index (χ1v) is 20.8. The lowest BCUT2D eigenvalue weighted by Gasteiger charge is -2.33. The molecule has 0 aromatic heterocycles. The van der Waals surface area contributed by atoms with Gasteiger partial charge in [0.25, 0.3) is 0 Å². The van der Waals surface area contributed by atoms with Crippen molar-refractivity contribution in [3.05, 3.63) is 108 Å². The molecule has 2 heterocycles. The average Bonchev–Trinajstić information content (AvgIpc) is 3.53. The summed E-state index contributed by atoms with van der Waals surface area (Å²) in [6, 6.07) is 25.9. The molecule has 55 heavy (non-hydrogen) atoms. The fourth-order valence-electron chi connectivity index (χ4n) is 9.11. The maximum atomic E-state index is 13.9. The second-order valence-electron chi connectivity index (χ2n) is 16.2. The molecule has 2 aliphatic heterocycles. The summed E-state index contributed by atoms with van der Waals surface area (Å²) in [5.74, 6) is -0.262. The minimum Gasteiger partial charge on any atom is -0.466 e. The number of allylic oxidation sites excluding steroid dienone is 4. The zero-order valence-corrected chi connectivity index (χ0v) is 34.3. The molecule has 290 valence electrons. The van der Waals surface area contributed by atoms with E-state index >= 15 is 0 Å². The third kappa shape index (κ3) is 8.01. The van der Waals surface area contributed by atoms with E-state index < -0.39 is 6.04 Å². The Morgan fingerprint density at radius 1 is 0.727 bits per heavy atom. The molecule has 0 saturated carbocycles. The molecule has 0 aliphatic carbocycles. The number of anilines is 1. The maximum absolute atomic E-state index is 13.9. The van der Waals surface area contributed by atoms with Crippen molar-refractivity contribution in [3.63, 3.8) is 0 Å². The molecule has 1 unspecified atom stereocenters. The van der Waals surface area contributed by atoms with E-state index in [2.05, 4.69) is 135 Å². The van der Waals surface area contributed by atoms with Crippen LogP contribution in [0.2, 0.25) is 0 Å². The number of ether oxygens (including phenoxy) is 2. The number of carbonyl (C=O) groups is 2. The number of esters is 2. The van der Waals surface area contributed by atoms with E-state index in [-0.39, 0.29) is 22.8 Å². The van der Waals surface area contributed by atoms with Crippen LogP contribution in [0.4, 0.5) is 11.4 Å². The van der Waals surface area contributed by atoms with Crippen molar-refractivity contribution in [2.75, 3.05) is 24.7 Å². The summed E-state index contributed by atoms with van der Waals surface area (Å²) >= 11 is 0. The number of hydrogen-bond donors (Lipinski definition) is 0. The normalized spacial score (nSPS) is 17.0. The lowest BCUT2D eigenvalue weighted by Crippen LogP contribution is -2.42. The number of carbonyl (C=O) groups excluding carboxylic acids is 2. The highest BCUT2D eigenvalue weighted by atomic mass is 16.5. The Bertz CT molecular complexity index is 2120. The molecule has 0 saturated heterocycles. The molecule has 1 atom stereocenters. The molecule has 0 amide bonds. The fraction of sp³-hybridized carbons (Fsp3) is 0.449. The van der Waals surface area contributed by atoms with Crippen LogP contribution < -0.4 is 4.90 Å². The second-order valence-corrected chi connectivity index (χ2v) is 16.2. The van der Waals surface area contributed by atoms with E-state index in [0.717, 1.165) is 69.3 Å². The van der Waals surface area contributed by atoms with Gasteiger partial charge in [0.2, 0.25) is 5.69 Å². The van der Waals surface area contributed by atoms with Crippen LogP contribution in [0.3, 0.4) is 0 Å². The summed E-state index contributed by atoms with van der Waals surface area (Å²) in [4.78, 5) is 28.1. The fourth-order valence-corrected chi connectivity index (χ4v) is 9.11. The van der Waals surface area contributed by atoms with Crippen LogP contribution in [-0.4, -0.2) is 48.0 Å². The Labute approximate surface area is 328 Å². The van der Waals surface area contributed by atoms with Crippen molar-refractivity contribution in [1.82, 2.24) is 0 Å². The summed E-state index contributed by atoms with van der Waals surface area (Å²) in [7, 11) is 0. The number of fused-ring (bicyclic) bond motifs is 6. The van der Waals surface area contributed by atoms with Crippen LogP contribution in [0, 0.1) is 0 Å². The van der Waals surface area contributed by atoms with Crippen molar-refractivity contribution in [2.24, 2.45) is 0 Å². The smallest absolute Gasteiger partial charge is 0.329 e. The average molecular weight is 742 g/mol. The van der Waals surface area contributed by atoms with Gasteiger partial charge in [0.05, 0.1) is 18.6 Å². The van der Waals surface area contributed by atoms with Gasteiger partial charge in [-0.2, -0.15) is 4.58 Å². The summed E-state index contributed by atoms with van der Waals surface area (Å²) in [5.41, 5.74) is 6.74. The summed E-state index contributed by atoms with van der Waals surface area (Å²) in [6.45, 7) is 16.9. The van der Waals surface area contributed by atoms with Crippen molar-refractivity contribution < 1.29 is 23.6 Å². The Kier molecular flexibility index (Phi) is 12.6. The predicted molar refractivity (Wildman–Crippen MR) is 228 cm³/mol. The third-order valence-electron chi connectivity index (χ3n) is 11.7. The van der Waals surface area contributed by atoms with Gasteiger partial charge in [-0.3, -0.25) is 4.79 Å². The number of hydrogen-bond acceptors (Lipinski definition) is 5. The Morgan fingerprint density at radius 3 is 2.07 bits per heavy atom. The molecule has 6 nitrogen and oxygen atoms in total. The molecule has 4 aromatic carbocycles. The SMILES string of the molecule is CCCCCC(C(=O)OCC)N1/C(=C\C=C\C2=[N+](CCCCCCC(=O)OCC)c3ccc4ccccc4c3C2(C)C)C(C)(C)c2c1ccc1ccccc21. The summed E-state index contributed by atoms with van der Waals surface area (Å²) < 4.78 is 13.5. The molecule has 4 aromatic rings. The molecular formula is C49H61N2O4+. The lowest BCUT2D eigenvalue weighted by atomic mass is 9.79. The molecule has 6 rings (SSSR count). The van der Waals surface area contributed by atoms with Gasteiger partial charge in [-0.15, -0.1) is 0 Å². The zero-order valence-electron chi connectivity index (χ0n) is 34.3. The number of rotatable bonds is 17. The monoisotopic (exact) mass is 741 g/mol. The van der Waals surface area contributed by atoms with Crippen molar-refractivity contribution in [2.45, 2.75) is 123 Å². The molecule has 2 aliphatic rings. The van der Waals surface area contributed by atoms with Gasteiger partial charge in [0, 0.05) is 47.3 Å². The minimum atomic E-state index is -0.417. The first kappa shape index (κ1) is 40.0. The highest BCUT2D eigenvalue weighted by molar-refractivity contribution is 6.08. The van der Waals surface area contributed by atoms with Crippen molar-refractivity contribution in [1.29, 1.82) is 0 Å². The van der Waals surface area contributed by atoms with E-state index in [0.29, 0.717) is 19.6 Å². The van der Waals surface area contributed by atoms with Crippen LogP contribution in [0.1, 0.15) is 117 Å². The van der Waals surface area contributed by atoms with Crippen LogP contribution >= 0.6 is 0 Å². The van der Waals surface area contributed by atoms with Crippen molar-refractivity contribution >= 4 is 50.6 Å². The predicted octanol–water partition coefficient (Wildman–Crippen LogP) is 11.6. The number of benzene rings is 4. The van der Waals surface area contributed by atoms with Gasteiger partial charge in [0.15, 0.2) is 5.71 Å². The van der Waals surface area contributed by atoms with Gasteiger partial charge in [-0.05, 0) is 92.3 Å². The highest BCUT2D eigenvalue weighted by Gasteiger charge is 2.47. The molecule has 0 radical (unpaired) electrons. The van der Waals surface area contributed by atoms with E-state index in [4.69, 9.17) is 9.47 Å². The summed E-state index contributed by atoms with van der Waals surface area (Å²) in [6.07, 6.45) is 15.0. The van der Waals surface area contributed by atoms with Crippen LogP contribution in [0.15, 0.2) is 96.7 Å². The standard InChI is InChI=1S/C49H61N2O4/c1-8-11-14-26-41(47(53)55-10-3)51-40-33-31-36-23-17-19-25-38(36)46(40)49(6,7)43(51)28-21-27-42-48(4,5)45-37-24-18-16-22-35(37)30-32-39(45)50(42)34-20-13-12-15-29-44(52)54-9-2/h16-19,21-25,27-28,30-33,41H,8-15,20,26,29,34H2,1-7H3/q+1. The molecule has 0 spiro atoms. The van der Waals surface area contributed by atoms with Crippen molar-refractivity contribution in [3.8, 4) is 0 Å². The van der Waals surface area contributed by atoms with E-state index in [9.17, 15) is 9.59 Å². The highest BCUT2D eigenvalue weighted by Crippen LogP contribution is 2.52. The lowest BCUT2D eigenvalue weighted by molar-refractivity contribution is -0.438. The third-order valence-corrected chi connectivity index (χ3v) is 11.7. The molecular weight excluding hydrogens is 681 g/mol. The first-order chi connectivity index (χ1) is 26.6. The van der Waals surface area contributed by atoms with Crippen LogP contribution in [0.25, 0.3) is 21.5 Å². The van der Waals surface area contributed by atoms with Gasteiger partial charge in [-0.1, -0.05) is 107 Å². The van der Waals surface area contributed by atoms with Gasteiger partial charge < -0.3 is 14.4 Å². The topological polar surface area (TPSA) is 58.8 Å². The zero-order chi connectivity index (χ0) is 39.2. The van der Waals surface area contributed by atoms with E-state index in [1.165, 1.54) is 44.1 Å². The second kappa shape index (κ2) is 17.4. The van der Waals surface area contributed by atoms with Gasteiger partial charge in [-0.25, -0.2) is 4.79 Å². The van der Waals surface area contributed by atoms with E-state index in [1.807, 2.05) is 13.8 Å². The maximum Gasteiger partial charge on any atom is 0.329 e. The van der Waals surface area contributed by atoms with E-state index in [1.54, 1.807) is 0 Å². The van der Waals surface area contributed by atoms with Gasteiger partial charge in [0.1, 0.15) is 12.6 Å². The Balaban J connectivity index is 1.41. The van der Waals surface area contributed by atoms with Crippen LogP contribution in [-0.2, 0) is 29.9 Å². The largest absolute Gasteiger partial charge is 0.466 e. The molecule has 6 heteroatoms. The van der Waals surface area contributed by atoms with Gasteiger partial charge >= 0.3 is 11.9 Å². The minimum absolute atomic E-state index is 0.103. The first-order valence-electron chi connectivity index (χ1n) is 20.8. The molecule has 0 N–H and O–H groups in total. The molecule has 0 bridgehead atoms. The molecule has 0 fully saturated rings. The quantitative estimate of drug-likeness (QED) is 0.0613. The Morgan fingerprint density at radius 2 is 1.38 bits per heavy atom. The van der Waals surface area contributed by atoms with Crippen LogP contribution in [0.5, 0.6) is 0 Å².